The molecule has 100 valence electrons. The van der Waals surface area contributed by atoms with Crippen LogP contribution in [0.2, 0.25) is 0 Å². The average molecular weight is 256 g/mol. The van der Waals surface area contributed by atoms with Gasteiger partial charge in [0.15, 0.2) is 0 Å². The first-order valence-electron chi connectivity index (χ1n) is 6.42. The van der Waals surface area contributed by atoms with Crippen molar-refractivity contribution < 1.29 is 4.74 Å². The summed E-state index contributed by atoms with van der Waals surface area (Å²) in [6, 6.07) is 12.6. The molecule has 0 radical (unpaired) electrons. The monoisotopic (exact) mass is 256 g/mol. The molecule has 0 fully saturated rings. The average Bonchev–Trinajstić information content (AvgIpc) is 2.42. The molecule has 2 rings (SSSR count). The number of aromatic nitrogens is 1. The number of pyridine rings is 1. The highest BCUT2D eigenvalue weighted by atomic mass is 16.5. The number of methoxy groups -OCH3 is 1. The Hall–Kier alpha value is -1.71. The van der Waals surface area contributed by atoms with Gasteiger partial charge < -0.3 is 4.74 Å². The molecule has 19 heavy (non-hydrogen) atoms. The van der Waals surface area contributed by atoms with Gasteiger partial charge in [0.25, 0.3) is 0 Å². The van der Waals surface area contributed by atoms with Crippen molar-refractivity contribution in [3.8, 4) is 0 Å². The fourth-order valence-corrected chi connectivity index (χ4v) is 2.08. The molecule has 3 nitrogen and oxygen atoms in total. The number of rotatable bonds is 6. The van der Waals surface area contributed by atoms with E-state index in [1.54, 1.807) is 13.3 Å². The van der Waals surface area contributed by atoms with E-state index in [4.69, 9.17) is 4.74 Å². The van der Waals surface area contributed by atoms with Crippen LogP contribution in [0.5, 0.6) is 0 Å². The predicted molar refractivity (Wildman–Crippen MR) is 76.6 cm³/mol. The number of hydrogen-bond acceptors (Lipinski definition) is 3. The molecule has 1 aromatic carbocycles. The topological polar surface area (TPSA) is 25.4 Å². The molecule has 0 amide bonds. The van der Waals surface area contributed by atoms with Gasteiger partial charge in [-0.15, -0.1) is 0 Å². The fraction of sp³-hybridized carbons (Fsp3) is 0.312. The summed E-state index contributed by atoms with van der Waals surface area (Å²) in [5.74, 6) is 0. The summed E-state index contributed by atoms with van der Waals surface area (Å²) in [5.41, 5.74) is 3.76. The minimum absolute atomic E-state index is 0.672. The summed E-state index contributed by atoms with van der Waals surface area (Å²) in [5, 5.41) is 0. The summed E-state index contributed by atoms with van der Waals surface area (Å²) in [7, 11) is 3.84. The van der Waals surface area contributed by atoms with E-state index in [0.717, 1.165) is 13.1 Å². The van der Waals surface area contributed by atoms with Gasteiger partial charge in [-0.25, -0.2) is 0 Å². The molecule has 0 aliphatic rings. The van der Waals surface area contributed by atoms with Gasteiger partial charge in [0, 0.05) is 32.6 Å². The molecule has 0 unspecified atom stereocenters. The van der Waals surface area contributed by atoms with E-state index < -0.39 is 0 Å². The zero-order valence-corrected chi connectivity index (χ0v) is 11.5. The summed E-state index contributed by atoms with van der Waals surface area (Å²) < 4.78 is 5.11. The normalized spacial score (nSPS) is 10.9. The van der Waals surface area contributed by atoms with Gasteiger partial charge >= 0.3 is 0 Å². The van der Waals surface area contributed by atoms with Crippen LogP contribution in [-0.2, 0) is 24.4 Å². The van der Waals surface area contributed by atoms with Crippen LogP contribution in [0.4, 0.5) is 0 Å². The molecule has 0 aliphatic carbocycles. The summed E-state index contributed by atoms with van der Waals surface area (Å²) in [4.78, 5) is 6.42. The zero-order chi connectivity index (χ0) is 13.5. The van der Waals surface area contributed by atoms with E-state index in [1.165, 1.54) is 16.7 Å². The van der Waals surface area contributed by atoms with E-state index in [1.807, 2.05) is 12.3 Å². The van der Waals surface area contributed by atoms with E-state index in [2.05, 4.69) is 47.3 Å². The Balaban J connectivity index is 1.89. The molecule has 0 bridgehead atoms. The fourth-order valence-electron chi connectivity index (χ4n) is 2.08. The predicted octanol–water partition coefficient (Wildman–Crippen LogP) is 2.86. The molecule has 0 saturated carbocycles. The summed E-state index contributed by atoms with van der Waals surface area (Å²) in [6.07, 6.45) is 3.72. The Morgan fingerprint density at radius 3 is 2.32 bits per heavy atom. The van der Waals surface area contributed by atoms with Crippen molar-refractivity contribution in [1.29, 1.82) is 0 Å². The standard InChI is InChI=1S/C16H20N2O/c1-18(12-16-4-3-9-17-10-16)11-14-5-7-15(8-6-14)13-19-2/h3-10H,11-13H2,1-2H3. The second-order valence-electron chi connectivity index (χ2n) is 4.78. The second-order valence-corrected chi connectivity index (χ2v) is 4.78. The zero-order valence-electron chi connectivity index (χ0n) is 11.5. The Labute approximate surface area is 114 Å². The lowest BCUT2D eigenvalue weighted by Gasteiger charge is -2.16. The van der Waals surface area contributed by atoms with Crippen LogP contribution in [0.15, 0.2) is 48.8 Å². The SMILES string of the molecule is COCc1ccc(CN(C)Cc2cccnc2)cc1. The van der Waals surface area contributed by atoms with Gasteiger partial charge in [0.2, 0.25) is 0 Å². The van der Waals surface area contributed by atoms with Crippen molar-refractivity contribution in [2.45, 2.75) is 19.7 Å². The maximum Gasteiger partial charge on any atom is 0.0713 e. The van der Waals surface area contributed by atoms with Crippen LogP contribution in [0.1, 0.15) is 16.7 Å². The van der Waals surface area contributed by atoms with Gasteiger partial charge in [0.05, 0.1) is 6.61 Å². The molecule has 0 saturated heterocycles. The smallest absolute Gasteiger partial charge is 0.0713 e. The first-order valence-corrected chi connectivity index (χ1v) is 6.42. The van der Waals surface area contributed by atoms with Gasteiger partial charge in [-0.05, 0) is 29.8 Å². The third-order valence-electron chi connectivity index (χ3n) is 2.96. The van der Waals surface area contributed by atoms with Gasteiger partial charge in [-0.2, -0.15) is 0 Å². The third-order valence-corrected chi connectivity index (χ3v) is 2.96. The highest BCUT2D eigenvalue weighted by molar-refractivity contribution is 5.22. The van der Waals surface area contributed by atoms with Gasteiger partial charge in [-0.1, -0.05) is 30.3 Å². The lowest BCUT2D eigenvalue weighted by molar-refractivity contribution is 0.185. The van der Waals surface area contributed by atoms with E-state index >= 15 is 0 Å². The van der Waals surface area contributed by atoms with E-state index in [0.29, 0.717) is 6.61 Å². The highest BCUT2D eigenvalue weighted by Crippen LogP contribution is 2.09. The maximum atomic E-state index is 5.11. The Morgan fingerprint density at radius 1 is 1.00 bits per heavy atom. The van der Waals surface area contributed by atoms with Crippen molar-refractivity contribution in [2.24, 2.45) is 0 Å². The minimum atomic E-state index is 0.672. The van der Waals surface area contributed by atoms with Crippen molar-refractivity contribution in [3.63, 3.8) is 0 Å². The summed E-state index contributed by atoms with van der Waals surface area (Å²) in [6.45, 7) is 2.52. The van der Waals surface area contributed by atoms with Crippen LogP contribution in [0.3, 0.4) is 0 Å². The first kappa shape index (κ1) is 13.7. The van der Waals surface area contributed by atoms with E-state index in [9.17, 15) is 0 Å². The maximum absolute atomic E-state index is 5.11. The van der Waals surface area contributed by atoms with Crippen LogP contribution in [0, 0.1) is 0 Å². The quantitative estimate of drug-likeness (QED) is 0.794. The molecule has 3 heteroatoms. The molecular weight excluding hydrogens is 236 g/mol. The second kappa shape index (κ2) is 7.02. The molecule has 0 spiro atoms. The molecule has 1 heterocycles. The highest BCUT2D eigenvalue weighted by Gasteiger charge is 2.02. The molecular formula is C16H20N2O. The molecule has 0 N–H and O–H groups in total. The number of benzene rings is 1. The molecule has 2 aromatic rings. The van der Waals surface area contributed by atoms with Crippen LogP contribution < -0.4 is 0 Å². The van der Waals surface area contributed by atoms with Crippen molar-refractivity contribution in [1.82, 2.24) is 9.88 Å². The van der Waals surface area contributed by atoms with Gasteiger partial charge in [-0.3, -0.25) is 9.88 Å². The minimum Gasteiger partial charge on any atom is -0.380 e. The number of nitrogens with zero attached hydrogens (tertiary/aromatic N) is 2. The van der Waals surface area contributed by atoms with Crippen molar-refractivity contribution in [3.05, 3.63) is 65.5 Å². The van der Waals surface area contributed by atoms with Crippen molar-refractivity contribution in [2.75, 3.05) is 14.2 Å². The Morgan fingerprint density at radius 2 is 1.68 bits per heavy atom. The molecule has 1 aromatic heterocycles. The van der Waals surface area contributed by atoms with Crippen LogP contribution >= 0.6 is 0 Å². The number of hydrogen-bond donors (Lipinski definition) is 0. The third kappa shape index (κ3) is 4.47. The Kier molecular flexibility index (Phi) is 5.07. The molecule has 0 atom stereocenters. The van der Waals surface area contributed by atoms with Crippen LogP contribution in [-0.4, -0.2) is 24.0 Å². The molecule has 0 aliphatic heterocycles. The van der Waals surface area contributed by atoms with Gasteiger partial charge in [0.1, 0.15) is 0 Å². The lowest BCUT2D eigenvalue weighted by Crippen LogP contribution is -2.17. The largest absolute Gasteiger partial charge is 0.380 e. The number of ether oxygens (including phenoxy) is 1. The lowest BCUT2D eigenvalue weighted by atomic mass is 10.1. The van der Waals surface area contributed by atoms with Crippen LogP contribution in [0.25, 0.3) is 0 Å². The Bertz CT molecular complexity index is 482. The van der Waals surface area contributed by atoms with E-state index in [-0.39, 0.29) is 0 Å². The van der Waals surface area contributed by atoms with Crippen molar-refractivity contribution >= 4 is 0 Å². The first-order chi connectivity index (χ1) is 9.28. The summed E-state index contributed by atoms with van der Waals surface area (Å²) >= 11 is 0.